The van der Waals surface area contributed by atoms with Crippen LogP contribution in [0.3, 0.4) is 0 Å². The van der Waals surface area contributed by atoms with Crippen LogP contribution in [0.1, 0.15) is 0 Å². The van der Waals surface area contributed by atoms with Crippen molar-refractivity contribution in [1.29, 1.82) is 0 Å². The lowest BCUT2D eigenvalue weighted by molar-refractivity contribution is 0.382. The van der Waals surface area contributed by atoms with Crippen LogP contribution in [0.4, 0.5) is 0 Å². The Morgan fingerprint density at radius 2 is 2.33 bits per heavy atom. The second kappa shape index (κ2) is 5.59. The molecule has 3 heteroatoms. The molecule has 0 aliphatic heterocycles. The van der Waals surface area contributed by atoms with Crippen LogP contribution in [0.2, 0.25) is 0 Å². The molecule has 3 N–H and O–H groups in total. The first-order valence-electron chi connectivity index (χ1n) is 3.02. The van der Waals surface area contributed by atoms with Crippen molar-refractivity contribution in [3.05, 3.63) is 12.3 Å². The fraction of sp³-hybridized carbons (Fsp3) is 0.667. The Labute approximate surface area is 56.5 Å². The van der Waals surface area contributed by atoms with Crippen molar-refractivity contribution in [2.45, 2.75) is 0 Å². The third-order valence-electron chi connectivity index (χ3n) is 1.01. The summed E-state index contributed by atoms with van der Waals surface area (Å²) in [5, 5.41) is 2.90. The quantitative estimate of drug-likeness (QED) is 0.506. The third-order valence-corrected chi connectivity index (χ3v) is 1.01. The molecule has 3 nitrogen and oxygen atoms in total. The molecule has 54 valence electrons. The van der Waals surface area contributed by atoms with Crippen molar-refractivity contribution < 1.29 is 0 Å². The zero-order valence-electron chi connectivity index (χ0n) is 6.09. The van der Waals surface area contributed by atoms with Gasteiger partial charge in [0, 0.05) is 20.3 Å². The molecular weight excluding hydrogens is 114 g/mol. The standard InChI is InChI=1S/C6H15N3/c1-8-4-3-5-9(2)6-7/h3-4,8H,5-7H2,1-2H3/b4-3+. The lowest BCUT2D eigenvalue weighted by Crippen LogP contribution is -2.25. The van der Waals surface area contributed by atoms with Gasteiger partial charge in [0.2, 0.25) is 0 Å². The summed E-state index contributed by atoms with van der Waals surface area (Å²) in [5.41, 5.74) is 5.33. The number of rotatable bonds is 4. The minimum atomic E-state index is 0.605. The van der Waals surface area contributed by atoms with E-state index in [1.165, 1.54) is 0 Å². The highest BCUT2D eigenvalue weighted by atomic mass is 15.1. The van der Waals surface area contributed by atoms with E-state index in [0.29, 0.717) is 6.67 Å². The highest BCUT2D eigenvalue weighted by molar-refractivity contribution is 4.80. The van der Waals surface area contributed by atoms with Crippen LogP contribution in [0, 0.1) is 0 Å². The molecule has 0 amide bonds. The first-order chi connectivity index (χ1) is 4.31. The molecule has 0 radical (unpaired) electrons. The summed E-state index contributed by atoms with van der Waals surface area (Å²) in [6.45, 7) is 1.51. The number of nitrogens with one attached hydrogen (secondary N) is 1. The SMILES string of the molecule is CN/C=C/CN(C)CN. The monoisotopic (exact) mass is 129 g/mol. The number of hydrogen-bond acceptors (Lipinski definition) is 3. The van der Waals surface area contributed by atoms with Gasteiger partial charge >= 0.3 is 0 Å². The van der Waals surface area contributed by atoms with E-state index in [1.807, 2.05) is 31.3 Å². The fourth-order valence-electron chi connectivity index (χ4n) is 0.425. The summed E-state index contributed by atoms with van der Waals surface area (Å²) < 4.78 is 0. The summed E-state index contributed by atoms with van der Waals surface area (Å²) in [5.74, 6) is 0. The van der Waals surface area contributed by atoms with E-state index < -0.39 is 0 Å². The average molecular weight is 129 g/mol. The summed E-state index contributed by atoms with van der Waals surface area (Å²) >= 11 is 0. The molecule has 0 aromatic heterocycles. The molecule has 0 aromatic rings. The van der Waals surface area contributed by atoms with E-state index in [1.54, 1.807) is 0 Å². The second-order valence-electron chi connectivity index (χ2n) is 1.91. The van der Waals surface area contributed by atoms with Gasteiger partial charge < -0.3 is 11.1 Å². The van der Waals surface area contributed by atoms with Gasteiger partial charge in [0.1, 0.15) is 0 Å². The molecule has 0 rings (SSSR count). The number of nitrogens with two attached hydrogens (primary N) is 1. The Bertz CT molecular complexity index is 80.4. The molecule has 0 atom stereocenters. The first-order valence-corrected chi connectivity index (χ1v) is 3.02. The van der Waals surface area contributed by atoms with E-state index in [4.69, 9.17) is 5.73 Å². The summed E-state index contributed by atoms with van der Waals surface area (Å²) in [6.07, 6.45) is 3.92. The first kappa shape index (κ1) is 8.46. The number of nitrogens with zero attached hydrogens (tertiary/aromatic N) is 1. The normalized spacial score (nSPS) is 11.1. The Balaban J connectivity index is 3.15. The lowest BCUT2D eigenvalue weighted by Gasteiger charge is -2.08. The average Bonchev–Trinajstić information content (AvgIpc) is 1.89. The van der Waals surface area contributed by atoms with Crippen LogP contribution in [0.25, 0.3) is 0 Å². The minimum Gasteiger partial charge on any atom is -0.394 e. The molecule has 0 spiro atoms. The molecular formula is C6H15N3. The van der Waals surface area contributed by atoms with Crippen molar-refractivity contribution in [1.82, 2.24) is 10.2 Å². The highest BCUT2D eigenvalue weighted by Crippen LogP contribution is 1.76. The Hall–Kier alpha value is -0.540. The van der Waals surface area contributed by atoms with Crippen molar-refractivity contribution in [3.8, 4) is 0 Å². The van der Waals surface area contributed by atoms with Crippen molar-refractivity contribution >= 4 is 0 Å². The van der Waals surface area contributed by atoms with Crippen LogP contribution in [-0.2, 0) is 0 Å². The van der Waals surface area contributed by atoms with Crippen LogP contribution in [0.5, 0.6) is 0 Å². The predicted molar refractivity (Wildman–Crippen MR) is 39.9 cm³/mol. The topological polar surface area (TPSA) is 41.3 Å². The number of hydrogen-bond donors (Lipinski definition) is 2. The van der Waals surface area contributed by atoms with Crippen LogP contribution < -0.4 is 11.1 Å². The highest BCUT2D eigenvalue weighted by Gasteiger charge is 1.85. The van der Waals surface area contributed by atoms with E-state index in [2.05, 4.69) is 5.32 Å². The molecule has 0 aromatic carbocycles. The molecule has 0 fully saturated rings. The summed E-state index contributed by atoms with van der Waals surface area (Å²) in [6, 6.07) is 0. The maximum atomic E-state index is 5.33. The lowest BCUT2D eigenvalue weighted by atomic mass is 10.5. The van der Waals surface area contributed by atoms with Gasteiger partial charge in [-0.15, -0.1) is 0 Å². The predicted octanol–water partition coefficient (Wildman–Crippen LogP) is -0.432. The van der Waals surface area contributed by atoms with Gasteiger partial charge in [-0.3, -0.25) is 4.90 Å². The Kier molecular flexibility index (Phi) is 5.26. The Morgan fingerprint density at radius 1 is 1.67 bits per heavy atom. The molecule has 0 unspecified atom stereocenters. The molecule has 0 saturated carbocycles. The largest absolute Gasteiger partial charge is 0.394 e. The summed E-state index contributed by atoms with van der Waals surface area (Å²) in [4.78, 5) is 2.01. The second-order valence-corrected chi connectivity index (χ2v) is 1.91. The minimum absolute atomic E-state index is 0.605. The van der Waals surface area contributed by atoms with Crippen molar-refractivity contribution in [2.75, 3.05) is 27.3 Å². The van der Waals surface area contributed by atoms with Gasteiger partial charge in [0.25, 0.3) is 0 Å². The van der Waals surface area contributed by atoms with Crippen molar-refractivity contribution in [3.63, 3.8) is 0 Å². The van der Waals surface area contributed by atoms with Gasteiger partial charge in [-0.05, 0) is 13.2 Å². The van der Waals surface area contributed by atoms with Gasteiger partial charge in [-0.25, -0.2) is 0 Å². The van der Waals surface area contributed by atoms with Gasteiger partial charge in [-0.1, -0.05) is 6.08 Å². The van der Waals surface area contributed by atoms with Gasteiger partial charge in [0.05, 0.1) is 0 Å². The van der Waals surface area contributed by atoms with E-state index in [9.17, 15) is 0 Å². The van der Waals surface area contributed by atoms with Gasteiger partial charge in [-0.2, -0.15) is 0 Å². The zero-order chi connectivity index (χ0) is 7.11. The Morgan fingerprint density at radius 3 is 2.78 bits per heavy atom. The molecule has 9 heavy (non-hydrogen) atoms. The van der Waals surface area contributed by atoms with E-state index in [0.717, 1.165) is 6.54 Å². The number of likely N-dealkylation sites (N-methyl/N-ethyl adjacent to an activating group) is 1. The van der Waals surface area contributed by atoms with Crippen LogP contribution in [-0.4, -0.2) is 32.2 Å². The maximum Gasteiger partial charge on any atom is 0.0455 e. The smallest absolute Gasteiger partial charge is 0.0455 e. The van der Waals surface area contributed by atoms with Crippen LogP contribution >= 0.6 is 0 Å². The molecule has 0 aliphatic rings. The maximum absolute atomic E-state index is 5.33. The zero-order valence-corrected chi connectivity index (χ0v) is 6.09. The molecule has 0 aliphatic carbocycles. The van der Waals surface area contributed by atoms with Crippen molar-refractivity contribution in [2.24, 2.45) is 5.73 Å². The molecule has 0 saturated heterocycles. The third kappa shape index (κ3) is 5.33. The molecule has 0 bridgehead atoms. The molecule has 0 heterocycles. The van der Waals surface area contributed by atoms with E-state index >= 15 is 0 Å². The van der Waals surface area contributed by atoms with Gasteiger partial charge in [0.15, 0.2) is 0 Å². The summed E-state index contributed by atoms with van der Waals surface area (Å²) in [7, 11) is 3.85. The fourth-order valence-corrected chi connectivity index (χ4v) is 0.425. The van der Waals surface area contributed by atoms with Crippen LogP contribution in [0.15, 0.2) is 12.3 Å². The van der Waals surface area contributed by atoms with E-state index in [-0.39, 0.29) is 0 Å².